The molecule has 0 fully saturated rings. The van der Waals surface area contributed by atoms with E-state index in [1.54, 1.807) is 0 Å². The van der Waals surface area contributed by atoms with E-state index in [4.69, 9.17) is 5.11 Å². The molecular formula is C14H23NO. The van der Waals surface area contributed by atoms with Gasteiger partial charge in [-0.3, -0.25) is 0 Å². The fraction of sp³-hybridized carbons (Fsp3) is 0.571. The Kier molecular flexibility index (Phi) is 4.97. The lowest BCUT2D eigenvalue weighted by molar-refractivity contribution is 0.235. The minimum atomic E-state index is 0.273. The van der Waals surface area contributed by atoms with Crippen LogP contribution in [0.3, 0.4) is 0 Å². The van der Waals surface area contributed by atoms with Gasteiger partial charge in [0.25, 0.3) is 0 Å². The highest BCUT2D eigenvalue weighted by Crippen LogP contribution is 2.26. The molecule has 0 aliphatic rings. The lowest BCUT2D eigenvalue weighted by Gasteiger charge is -2.26. The largest absolute Gasteiger partial charge is 0.396 e. The van der Waals surface area contributed by atoms with Gasteiger partial charge in [0.15, 0.2) is 0 Å². The number of aliphatic hydroxyl groups excluding tert-OH is 1. The molecule has 0 saturated heterocycles. The molecule has 0 amide bonds. The van der Waals surface area contributed by atoms with Crippen LogP contribution in [0.2, 0.25) is 0 Å². The molecule has 1 aromatic carbocycles. The first-order valence-corrected chi connectivity index (χ1v) is 5.90. The highest BCUT2D eigenvalue weighted by molar-refractivity contribution is 5.32. The minimum Gasteiger partial charge on any atom is -0.396 e. The topological polar surface area (TPSA) is 23.5 Å². The molecule has 0 bridgehead atoms. The highest BCUT2D eigenvalue weighted by atomic mass is 16.2. The van der Waals surface area contributed by atoms with Gasteiger partial charge in [-0.1, -0.05) is 23.8 Å². The van der Waals surface area contributed by atoms with Gasteiger partial charge in [-0.2, -0.15) is 0 Å². The van der Waals surface area contributed by atoms with E-state index in [2.05, 4.69) is 51.0 Å². The van der Waals surface area contributed by atoms with Crippen molar-refractivity contribution in [3.8, 4) is 0 Å². The van der Waals surface area contributed by atoms with Gasteiger partial charge in [-0.25, -0.2) is 0 Å². The zero-order chi connectivity index (χ0) is 12.1. The van der Waals surface area contributed by atoms with Crippen LogP contribution in [-0.2, 0) is 0 Å². The summed E-state index contributed by atoms with van der Waals surface area (Å²) in [6.45, 7) is 4.56. The van der Waals surface area contributed by atoms with Crippen molar-refractivity contribution in [3.05, 3.63) is 34.9 Å². The number of nitrogens with zero attached hydrogens (tertiary/aromatic N) is 1. The van der Waals surface area contributed by atoms with Crippen molar-refractivity contribution in [2.24, 2.45) is 0 Å². The van der Waals surface area contributed by atoms with Crippen LogP contribution < -0.4 is 0 Å². The molecule has 1 N–H and O–H groups in total. The molecule has 2 heteroatoms. The number of aliphatic hydroxyl groups is 1. The summed E-state index contributed by atoms with van der Waals surface area (Å²) >= 11 is 0. The standard InChI is InChI=1S/C14H23NO/c1-11-7-8-13(12(2)10-11)14(15(3)4)6-5-9-16/h7-8,10,14,16H,5-6,9H2,1-4H3. The Hall–Kier alpha value is -0.860. The van der Waals surface area contributed by atoms with Crippen LogP contribution in [-0.4, -0.2) is 30.7 Å². The Morgan fingerprint density at radius 1 is 1.25 bits per heavy atom. The predicted molar refractivity (Wildman–Crippen MR) is 68.7 cm³/mol. The molecule has 90 valence electrons. The van der Waals surface area contributed by atoms with Crippen molar-refractivity contribution in [3.63, 3.8) is 0 Å². The quantitative estimate of drug-likeness (QED) is 0.826. The van der Waals surface area contributed by atoms with Gasteiger partial charge in [0.1, 0.15) is 0 Å². The number of rotatable bonds is 5. The second kappa shape index (κ2) is 6.02. The third-order valence-corrected chi connectivity index (χ3v) is 3.04. The summed E-state index contributed by atoms with van der Waals surface area (Å²) in [5, 5.41) is 8.94. The van der Waals surface area contributed by atoms with Crippen molar-refractivity contribution in [2.75, 3.05) is 20.7 Å². The maximum absolute atomic E-state index is 8.94. The molecule has 0 aliphatic heterocycles. The van der Waals surface area contributed by atoms with E-state index in [0.717, 1.165) is 12.8 Å². The van der Waals surface area contributed by atoms with Gasteiger partial charge in [0, 0.05) is 12.6 Å². The van der Waals surface area contributed by atoms with Crippen LogP contribution >= 0.6 is 0 Å². The maximum Gasteiger partial charge on any atom is 0.0431 e. The summed E-state index contributed by atoms with van der Waals surface area (Å²) in [7, 11) is 4.20. The molecule has 0 radical (unpaired) electrons. The number of hydrogen-bond acceptors (Lipinski definition) is 2. The van der Waals surface area contributed by atoms with Crippen molar-refractivity contribution >= 4 is 0 Å². The summed E-state index contributed by atoms with van der Waals surface area (Å²) in [5.41, 5.74) is 4.03. The molecule has 0 aliphatic carbocycles. The Bertz CT molecular complexity index is 334. The molecular weight excluding hydrogens is 198 g/mol. The predicted octanol–water partition coefficient (Wildman–Crippen LogP) is 2.68. The smallest absolute Gasteiger partial charge is 0.0431 e. The molecule has 16 heavy (non-hydrogen) atoms. The molecule has 0 aromatic heterocycles. The summed E-state index contributed by atoms with van der Waals surface area (Å²) in [6, 6.07) is 7.02. The van der Waals surface area contributed by atoms with Gasteiger partial charge >= 0.3 is 0 Å². The van der Waals surface area contributed by atoms with Gasteiger partial charge in [0.05, 0.1) is 0 Å². The third-order valence-electron chi connectivity index (χ3n) is 3.04. The molecule has 1 atom stereocenters. The van der Waals surface area contributed by atoms with E-state index < -0.39 is 0 Å². The Morgan fingerprint density at radius 2 is 1.94 bits per heavy atom. The SMILES string of the molecule is Cc1ccc(C(CCCO)N(C)C)c(C)c1. The summed E-state index contributed by atoms with van der Waals surface area (Å²) < 4.78 is 0. The van der Waals surface area contributed by atoms with Crippen LogP contribution in [0.25, 0.3) is 0 Å². The average molecular weight is 221 g/mol. The molecule has 2 nitrogen and oxygen atoms in total. The van der Waals surface area contributed by atoms with Crippen molar-refractivity contribution < 1.29 is 5.11 Å². The van der Waals surface area contributed by atoms with Gasteiger partial charge in [0.2, 0.25) is 0 Å². The summed E-state index contributed by atoms with van der Waals surface area (Å²) in [6.07, 6.45) is 1.86. The Labute approximate surface area is 98.9 Å². The van der Waals surface area contributed by atoms with E-state index in [9.17, 15) is 0 Å². The number of benzene rings is 1. The zero-order valence-electron chi connectivity index (χ0n) is 10.8. The van der Waals surface area contributed by atoms with E-state index in [0.29, 0.717) is 6.04 Å². The molecule has 1 aromatic rings. The monoisotopic (exact) mass is 221 g/mol. The first-order chi connectivity index (χ1) is 7.56. The Balaban J connectivity index is 2.92. The lowest BCUT2D eigenvalue weighted by Crippen LogP contribution is -2.21. The highest BCUT2D eigenvalue weighted by Gasteiger charge is 2.15. The van der Waals surface area contributed by atoms with Gasteiger partial charge < -0.3 is 10.0 Å². The van der Waals surface area contributed by atoms with E-state index in [1.807, 2.05) is 0 Å². The van der Waals surface area contributed by atoms with Crippen LogP contribution in [0.1, 0.15) is 35.6 Å². The minimum absolute atomic E-state index is 0.273. The lowest BCUT2D eigenvalue weighted by atomic mass is 9.95. The van der Waals surface area contributed by atoms with Crippen LogP contribution in [0, 0.1) is 13.8 Å². The maximum atomic E-state index is 8.94. The van der Waals surface area contributed by atoms with Crippen LogP contribution in [0.15, 0.2) is 18.2 Å². The molecule has 1 unspecified atom stereocenters. The van der Waals surface area contributed by atoms with Crippen molar-refractivity contribution in [2.45, 2.75) is 32.7 Å². The van der Waals surface area contributed by atoms with E-state index >= 15 is 0 Å². The molecule has 1 rings (SSSR count). The number of hydrogen-bond donors (Lipinski definition) is 1. The molecule has 0 spiro atoms. The van der Waals surface area contributed by atoms with Crippen molar-refractivity contribution in [1.82, 2.24) is 4.90 Å². The molecule has 0 heterocycles. The van der Waals surface area contributed by atoms with Crippen molar-refractivity contribution in [1.29, 1.82) is 0 Å². The van der Waals surface area contributed by atoms with Gasteiger partial charge in [-0.05, 0) is 51.9 Å². The normalized spacial score (nSPS) is 13.1. The van der Waals surface area contributed by atoms with E-state index in [-0.39, 0.29) is 6.61 Å². The molecule has 0 saturated carbocycles. The van der Waals surface area contributed by atoms with Crippen LogP contribution in [0.5, 0.6) is 0 Å². The Morgan fingerprint density at radius 3 is 2.44 bits per heavy atom. The second-order valence-electron chi connectivity index (χ2n) is 4.71. The van der Waals surface area contributed by atoms with Crippen LogP contribution in [0.4, 0.5) is 0 Å². The van der Waals surface area contributed by atoms with E-state index in [1.165, 1.54) is 16.7 Å². The third kappa shape index (κ3) is 3.32. The zero-order valence-corrected chi connectivity index (χ0v) is 10.8. The fourth-order valence-corrected chi connectivity index (χ4v) is 2.18. The fourth-order valence-electron chi connectivity index (χ4n) is 2.18. The first kappa shape index (κ1) is 13.2. The first-order valence-electron chi connectivity index (χ1n) is 5.90. The number of aryl methyl sites for hydroxylation is 2. The summed E-state index contributed by atoms with van der Waals surface area (Å²) in [5.74, 6) is 0. The summed E-state index contributed by atoms with van der Waals surface area (Å²) in [4.78, 5) is 2.23. The average Bonchev–Trinajstić information content (AvgIpc) is 2.20. The van der Waals surface area contributed by atoms with Gasteiger partial charge in [-0.15, -0.1) is 0 Å². The second-order valence-corrected chi connectivity index (χ2v) is 4.71.